The van der Waals surface area contributed by atoms with Crippen LogP contribution in [0.4, 0.5) is 5.82 Å². The van der Waals surface area contributed by atoms with Crippen LogP contribution >= 0.6 is 0 Å². The average molecular weight is 409 g/mol. The summed E-state index contributed by atoms with van der Waals surface area (Å²) in [7, 11) is 0. The second-order valence-corrected chi connectivity index (χ2v) is 8.09. The highest BCUT2D eigenvalue weighted by atomic mass is 16.6. The van der Waals surface area contributed by atoms with Gasteiger partial charge in [0.25, 0.3) is 0 Å². The zero-order valence-corrected chi connectivity index (χ0v) is 17.2. The summed E-state index contributed by atoms with van der Waals surface area (Å²) in [5, 5.41) is 0. The van der Waals surface area contributed by atoms with Gasteiger partial charge in [0.2, 0.25) is 5.91 Å². The standard InChI is InChI=1S/C23H28N4O3/c28-23(26-12-10-25(11-13-26)22-5-1-2-8-24-22)17-27-9-3-4-19(27)18-6-7-20-21(16-18)30-15-14-29-20/h1-2,5-8,16,19H,3-4,9-15,17H2/t19-/m0/s1. The quantitative estimate of drug-likeness (QED) is 0.774. The molecule has 3 aliphatic rings. The van der Waals surface area contributed by atoms with E-state index in [1.54, 1.807) is 0 Å². The largest absolute Gasteiger partial charge is 0.486 e. The molecule has 1 aromatic heterocycles. The number of carbonyl (C=O) groups is 1. The minimum absolute atomic E-state index is 0.222. The van der Waals surface area contributed by atoms with Crippen LogP contribution in [0.15, 0.2) is 42.6 Å². The van der Waals surface area contributed by atoms with Gasteiger partial charge in [-0.25, -0.2) is 4.98 Å². The van der Waals surface area contributed by atoms with E-state index in [1.807, 2.05) is 35.4 Å². The van der Waals surface area contributed by atoms with E-state index in [-0.39, 0.29) is 11.9 Å². The topological polar surface area (TPSA) is 58.1 Å². The van der Waals surface area contributed by atoms with Crippen molar-refractivity contribution in [3.8, 4) is 11.5 Å². The molecule has 30 heavy (non-hydrogen) atoms. The Labute approximate surface area is 177 Å². The lowest BCUT2D eigenvalue weighted by Gasteiger charge is -2.36. The average Bonchev–Trinajstić information content (AvgIpc) is 3.27. The van der Waals surface area contributed by atoms with Gasteiger partial charge in [-0.2, -0.15) is 0 Å². The smallest absolute Gasteiger partial charge is 0.236 e. The lowest BCUT2D eigenvalue weighted by atomic mass is 10.0. The lowest BCUT2D eigenvalue weighted by molar-refractivity contribution is -0.133. The molecule has 3 aliphatic heterocycles. The molecule has 7 heteroatoms. The number of anilines is 1. The molecule has 0 bridgehead atoms. The van der Waals surface area contributed by atoms with Crippen molar-refractivity contribution in [3.05, 3.63) is 48.2 Å². The third-order valence-electron chi connectivity index (χ3n) is 6.26. The Bertz CT molecular complexity index is 883. The maximum atomic E-state index is 13.0. The van der Waals surface area contributed by atoms with Crippen molar-refractivity contribution in [1.29, 1.82) is 0 Å². The maximum absolute atomic E-state index is 13.0. The number of amides is 1. The number of piperazine rings is 1. The number of rotatable bonds is 4. The van der Waals surface area contributed by atoms with E-state index in [0.717, 1.165) is 62.9 Å². The number of likely N-dealkylation sites (tertiary alicyclic amines) is 1. The maximum Gasteiger partial charge on any atom is 0.236 e. The van der Waals surface area contributed by atoms with Crippen molar-refractivity contribution in [2.75, 3.05) is 57.4 Å². The molecule has 7 nitrogen and oxygen atoms in total. The molecule has 5 rings (SSSR count). The Balaban J connectivity index is 1.20. The predicted octanol–water partition coefficient (Wildman–Crippen LogP) is 2.34. The SMILES string of the molecule is O=C(CN1CCC[C@H]1c1ccc2c(c1)OCCO2)N1CCN(c2ccccn2)CC1. The van der Waals surface area contributed by atoms with Crippen LogP contribution in [0.1, 0.15) is 24.4 Å². The van der Waals surface area contributed by atoms with Crippen LogP contribution < -0.4 is 14.4 Å². The summed E-state index contributed by atoms with van der Waals surface area (Å²) >= 11 is 0. The van der Waals surface area contributed by atoms with E-state index in [2.05, 4.69) is 26.9 Å². The molecular formula is C23H28N4O3. The molecule has 0 unspecified atom stereocenters. The number of ether oxygens (including phenoxy) is 2. The van der Waals surface area contributed by atoms with Crippen molar-refractivity contribution in [3.63, 3.8) is 0 Å². The van der Waals surface area contributed by atoms with Crippen LogP contribution in [-0.2, 0) is 4.79 Å². The van der Waals surface area contributed by atoms with Gasteiger partial charge in [-0.05, 0) is 49.2 Å². The van der Waals surface area contributed by atoms with Crippen molar-refractivity contribution in [2.24, 2.45) is 0 Å². The fraction of sp³-hybridized carbons (Fsp3) is 0.478. The van der Waals surface area contributed by atoms with Crippen LogP contribution in [0.25, 0.3) is 0 Å². The molecular weight excluding hydrogens is 380 g/mol. The number of fused-ring (bicyclic) bond motifs is 1. The fourth-order valence-electron chi connectivity index (χ4n) is 4.66. The van der Waals surface area contributed by atoms with Gasteiger partial charge in [-0.15, -0.1) is 0 Å². The minimum atomic E-state index is 0.222. The highest BCUT2D eigenvalue weighted by Gasteiger charge is 2.31. The molecule has 0 spiro atoms. The number of aromatic nitrogens is 1. The van der Waals surface area contributed by atoms with Gasteiger partial charge >= 0.3 is 0 Å². The van der Waals surface area contributed by atoms with Crippen molar-refractivity contribution >= 4 is 11.7 Å². The van der Waals surface area contributed by atoms with Crippen molar-refractivity contribution in [1.82, 2.24) is 14.8 Å². The molecule has 1 atom stereocenters. The number of carbonyl (C=O) groups excluding carboxylic acids is 1. The van der Waals surface area contributed by atoms with Gasteiger partial charge in [0.1, 0.15) is 19.0 Å². The van der Waals surface area contributed by atoms with Gasteiger partial charge < -0.3 is 19.3 Å². The van der Waals surface area contributed by atoms with E-state index in [4.69, 9.17) is 9.47 Å². The molecule has 4 heterocycles. The van der Waals surface area contributed by atoms with Crippen molar-refractivity contribution in [2.45, 2.75) is 18.9 Å². The Kier molecular flexibility index (Phi) is 5.45. The van der Waals surface area contributed by atoms with E-state index < -0.39 is 0 Å². The molecule has 1 amide bonds. The first-order valence-corrected chi connectivity index (χ1v) is 10.9. The van der Waals surface area contributed by atoms with E-state index >= 15 is 0 Å². The summed E-state index contributed by atoms with van der Waals surface area (Å²) in [6.07, 6.45) is 4.00. The Hall–Kier alpha value is -2.80. The number of hydrogen-bond donors (Lipinski definition) is 0. The van der Waals surface area contributed by atoms with Gasteiger partial charge in [0, 0.05) is 38.4 Å². The molecule has 1 aromatic carbocycles. The highest BCUT2D eigenvalue weighted by molar-refractivity contribution is 5.78. The van der Waals surface area contributed by atoms with Gasteiger partial charge in [0.15, 0.2) is 11.5 Å². The predicted molar refractivity (Wildman–Crippen MR) is 114 cm³/mol. The zero-order valence-electron chi connectivity index (χ0n) is 17.2. The normalized spacial score (nSPS) is 21.7. The monoisotopic (exact) mass is 408 g/mol. The molecule has 2 aromatic rings. The summed E-state index contributed by atoms with van der Waals surface area (Å²) in [6, 6.07) is 12.4. The summed E-state index contributed by atoms with van der Waals surface area (Å²) in [4.78, 5) is 24.0. The van der Waals surface area contributed by atoms with E-state index in [0.29, 0.717) is 19.8 Å². The molecule has 2 saturated heterocycles. The minimum Gasteiger partial charge on any atom is -0.486 e. The Morgan fingerprint density at radius 1 is 1.00 bits per heavy atom. The van der Waals surface area contributed by atoms with Crippen LogP contribution in [0.3, 0.4) is 0 Å². The van der Waals surface area contributed by atoms with Crippen molar-refractivity contribution < 1.29 is 14.3 Å². The second-order valence-electron chi connectivity index (χ2n) is 8.09. The second kappa shape index (κ2) is 8.52. The first-order chi connectivity index (χ1) is 14.8. The fourth-order valence-corrected chi connectivity index (χ4v) is 4.66. The first kappa shape index (κ1) is 19.2. The van der Waals surface area contributed by atoms with Gasteiger partial charge in [-0.3, -0.25) is 9.69 Å². The lowest BCUT2D eigenvalue weighted by Crippen LogP contribution is -2.51. The Morgan fingerprint density at radius 3 is 2.63 bits per heavy atom. The third-order valence-corrected chi connectivity index (χ3v) is 6.26. The molecule has 158 valence electrons. The molecule has 0 aliphatic carbocycles. The highest BCUT2D eigenvalue weighted by Crippen LogP contribution is 2.38. The number of benzene rings is 1. The Morgan fingerprint density at radius 2 is 1.83 bits per heavy atom. The third kappa shape index (κ3) is 3.94. The van der Waals surface area contributed by atoms with E-state index in [9.17, 15) is 4.79 Å². The summed E-state index contributed by atoms with van der Waals surface area (Å²) in [6.45, 7) is 5.78. The summed E-state index contributed by atoms with van der Waals surface area (Å²) in [5.74, 6) is 2.85. The van der Waals surface area contributed by atoms with Gasteiger partial charge in [-0.1, -0.05) is 12.1 Å². The number of pyridine rings is 1. The number of nitrogens with zero attached hydrogens (tertiary/aromatic N) is 4. The van der Waals surface area contributed by atoms with Crippen LogP contribution in [0.5, 0.6) is 11.5 Å². The summed E-state index contributed by atoms with van der Waals surface area (Å²) < 4.78 is 11.4. The molecule has 0 N–H and O–H groups in total. The summed E-state index contributed by atoms with van der Waals surface area (Å²) in [5.41, 5.74) is 1.21. The zero-order chi connectivity index (χ0) is 20.3. The van der Waals surface area contributed by atoms with Gasteiger partial charge in [0.05, 0.1) is 6.54 Å². The van der Waals surface area contributed by atoms with E-state index in [1.165, 1.54) is 5.56 Å². The van der Waals surface area contributed by atoms with Crippen LogP contribution in [-0.4, -0.2) is 73.2 Å². The molecule has 0 radical (unpaired) electrons. The first-order valence-electron chi connectivity index (χ1n) is 10.9. The van der Waals surface area contributed by atoms with Crippen LogP contribution in [0, 0.1) is 0 Å². The van der Waals surface area contributed by atoms with Crippen LogP contribution in [0.2, 0.25) is 0 Å². The molecule has 2 fully saturated rings. The number of hydrogen-bond acceptors (Lipinski definition) is 6. The molecule has 0 saturated carbocycles.